The standard InChI is InChI=1S/C12H18ClFN2O2/c1-11(2,3)6-12(4,5)16-9(17)7(14)8(13)15-10(16)18/h6H2,1-5H3,(H,15,18). The highest BCUT2D eigenvalue weighted by Gasteiger charge is 2.31. The lowest BCUT2D eigenvalue weighted by Gasteiger charge is -2.33. The molecule has 1 aromatic rings. The lowest BCUT2D eigenvalue weighted by Crippen LogP contribution is -2.48. The Kier molecular flexibility index (Phi) is 3.77. The summed E-state index contributed by atoms with van der Waals surface area (Å²) in [6.07, 6.45) is 0.546. The van der Waals surface area contributed by atoms with Crippen molar-refractivity contribution in [2.45, 2.75) is 46.6 Å². The molecule has 0 saturated heterocycles. The maximum absolute atomic E-state index is 13.5. The maximum Gasteiger partial charge on any atom is 0.330 e. The zero-order valence-corrected chi connectivity index (χ0v) is 12.0. The predicted octanol–water partition coefficient (Wildman–Crippen LogP) is 2.50. The summed E-state index contributed by atoms with van der Waals surface area (Å²) in [7, 11) is 0. The number of rotatable bonds is 2. The third-order valence-electron chi connectivity index (χ3n) is 2.57. The molecule has 4 nitrogen and oxygen atoms in total. The third-order valence-corrected chi connectivity index (χ3v) is 2.83. The molecule has 0 atom stereocenters. The van der Waals surface area contributed by atoms with E-state index in [1.54, 1.807) is 13.8 Å². The Morgan fingerprint density at radius 1 is 1.22 bits per heavy atom. The molecule has 0 aliphatic rings. The molecule has 1 aromatic heterocycles. The Bertz CT molecular complexity index is 567. The van der Waals surface area contributed by atoms with Gasteiger partial charge in [0.1, 0.15) is 0 Å². The first kappa shape index (κ1) is 15.0. The van der Waals surface area contributed by atoms with E-state index in [1.165, 1.54) is 0 Å². The van der Waals surface area contributed by atoms with Crippen LogP contribution >= 0.6 is 11.6 Å². The van der Waals surface area contributed by atoms with E-state index < -0.39 is 27.8 Å². The van der Waals surface area contributed by atoms with Crippen molar-refractivity contribution in [1.82, 2.24) is 9.55 Å². The second-order valence-corrected chi connectivity index (χ2v) is 6.63. The molecule has 102 valence electrons. The van der Waals surface area contributed by atoms with Crippen molar-refractivity contribution in [2.24, 2.45) is 5.41 Å². The van der Waals surface area contributed by atoms with Crippen molar-refractivity contribution < 1.29 is 4.39 Å². The van der Waals surface area contributed by atoms with E-state index in [1.807, 2.05) is 20.8 Å². The third kappa shape index (κ3) is 3.02. The largest absolute Gasteiger partial charge is 0.330 e. The van der Waals surface area contributed by atoms with Crippen LogP contribution in [0.15, 0.2) is 9.59 Å². The summed E-state index contributed by atoms with van der Waals surface area (Å²) in [5.41, 5.74) is -2.58. The molecule has 1 rings (SSSR count). The van der Waals surface area contributed by atoms with Gasteiger partial charge in [-0.25, -0.2) is 4.79 Å². The SMILES string of the molecule is CC(C)(C)CC(C)(C)n1c(=O)[nH]c(Cl)c(F)c1=O. The van der Waals surface area contributed by atoms with Gasteiger partial charge in [-0.1, -0.05) is 32.4 Å². The summed E-state index contributed by atoms with van der Waals surface area (Å²) < 4.78 is 14.4. The van der Waals surface area contributed by atoms with E-state index in [0.29, 0.717) is 6.42 Å². The molecular weight excluding hydrogens is 259 g/mol. The summed E-state index contributed by atoms with van der Waals surface area (Å²) in [5, 5.41) is -0.548. The first-order valence-electron chi connectivity index (χ1n) is 5.66. The number of hydrogen-bond acceptors (Lipinski definition) is 2. The number of aromatic nitrogens is 2. The fraction of sp³-hybridized carbons (Fsp3) is 0.667. The van der Waals surface area contributed by atoms with Crippen LogP contribution in [0.25, 0.3) is 0 Å². The van der Waals surface area contributed by atoms with E-state index in [4.69, 9.17) is 11.6 Å². The molecule has 1 heterocycles. The van der Waals surface area contributed by atoms with Crippen molar-refractivity contribution in [1.29, 1.82) is 0 Å². The van der Waals surface area contributed by atoms with Crippen molar-refractivity contribution >= 4 is 11.6 Å². The molecule has 18 heavy (non-hydrogen) atoms. The van der Waals surface area contributed by atoms with Crippen LogP contribution in [0, 0.1) is 11.2 Å². The Morgan fingerprint density at radius 2 is 1.72 bits per heavy atom. The van der Waals surface area contributed by atoms with Crippen LogP contribution in [-0.4, -0.2) is 9.55 Å². The van der Waals surface area contributed by atoms with E-state index in [2.05, 4.69) is 4.98 Å². The van der Waals surface area contributed by atoms with Crippen LogP contribution in [0.2, 0.25) is 5.15 Å². The lowest BCUT2D eigenvalue weighted by atomic mass is 9.81. The van der Waals surface area contributed by atoms with Gasteiger partial charge < -0.3 is 0 Å². The lowest BCUT2D eigenvalue weighted by molar-refractivity contribution is 0.200. The summed E-state index contributed by atoms with van der Waals surface area (Å²) >= 11 is 5.43. The van der Waals surface area contributed by atoms with Gasteiger partial charge in [0.15, 0.2) is 5.15 Å². The summed E-state index contributed by atoms with van der Waals surface area (Å²) in [5.74, 6) is -1.13. The molecule has 0 amide bonds. The molecule has 0 saturated carbocycles. The average Bonchev–Trinajstić information content (AvgIpc) is 2.09. The van der Waals surface area contributed by atoms with Gasteiger partial charge >= 0.3 is 5.69 Å². The number of hydrogen-bond donors (Lipinski definition) is 1. The van der Waals surface area contributed by atoms with Gasteiger partial charge in [-0.15, -0.1) is 0 Å². The highest BCUT2D eigenvalue weighted by atomic mass is 35.5. The van der Waals surface area contributed by atoms with Crippen LogP contribution in [0.5, 0.6) is 0 Å². The van der Waals surface area contributed by atoms with Gasteiger partial charge in [-0.2, -0.15) is 4.39 Å². The average molecular weight is 277 g/mol. The van der Waals surface area contributed by atoms with Crippen molar-refractivity contribution in [3.8, 4) is 0 Å². The van der Waals surface area contributed by atoms with Gasteiger partial charge in [-0.3, -0.25) is 14.3 Å². The predicted molar refractivity (Wildman–Crippen MR) is 69.7 cm³/mol. The summed E-state index contributed by atoms with van der Waals surface area (Å²) in [6.45, 7) is 9.41. The Hall–Kier alpha value is -1.10. The van der Waals surface area contributed by atoms with Gasteiger partial charge in [0.25, 0.3) is 5.56 Å². The topological polar surface area (TPSA) is 54.9 Å². The zero-order valence-electron chi connectivity index (χ0n) is 11.2. The second-order valence-electron chi connectivity index (χ2n) is 6.25. The minimum absolute atomic E-state index is 0.106. The van der Waals surface area contributed by atoms with Gasteiger partial charge in [0.05, 0.1) is 0 Å². The van der Waals surface area contributed by atoms with Crippen molar-refractivity contribution in [2.75, 3.05) is 0 Å². The molecule has 6 heteroatoms. The molecule has 0 bridgehead atoms. The molecule has 0 aliphatic carbocycles. The number of aromatic amines is 1. The number of H-pyrrole nitrogens is 1. The first-order valence-corrected chi connectivity index (χ1v) is 6.04. The van der Waals surface area contributed by atoms with Gasteiger partial charge in [0, 0.05) is 5.54 Å². The minimum Gasteiger partial charge on any atom is -0.295 e. The molecule has 0 aromatic carbocycles. The quantitative estimate of drug-likeness (QED) is 0.844. The van der Waals surface area contributed by atoms with E-state index >= 15 is 0 Å². The summed E-state index contributed by atoms with van der Waals surface area (Å²) in [4.78, 5) is 25.8. The van der Waals surface area contributed by atoms with Crippen LogP contribution in [0.4, 0.5) is 4.39 Å². The molecule has 0 radical (unpaired) electrons. The normalized spacial score (nSPS) is 12.8. The van der Waals surface area contributed by atoms with E-state index in [9.17, 15) is 14.0 Å². The molecule has 0 fully saturated rings. The number of halogens is 2. The van der Waals surface area contributed by atoms with Crippen LogP contribution < -0.4 is 11.2 Å². The van der Waals surface area contributed by atoms with Crippen LogP contribution in [0.3, 0.4) is 0 Å². The number of nitrogens with one attached hydrogen (secondary N) is 1. The van der Waals surface area contributed by atoms with Crippen LogP contribution in [0.1, 0.15) is 41.0 Å². The van der Waals surface area contributed by atoms with E-state index in [0.717, 1.165) is 4.57 Å². The monoisotopic (exact) mass is 276 g/mol. The molecule has 1 N–H and O–H groups in total. The smallest absolute Gasteiger partial charge is 0.295 e. The Morgan fingerprint density at radius 3 is 2.17 bits per heavy atom. The minimum atomic E-state index is -1.13. The highest BCUT2D eigenvalue weighted by molar-refractivity contribution is 6.29. The van der Waals surface area contributed by atoms with Crippen LogP contribution in [-0.2, 0) is 5.54 Å². The van der Waals surface area contributed by atoms with Crippen molar-refractivity contribution in [3.63, 3.8) is 0 Å². The Balaban J connectivity index is 3.47. The summed E-state index contributed by atoms with van der Waals surface area (Å²) in [6, 6.07) is 0. The second kappa shape index (κ2) is 4.53. The van der Waals surface area contributed by atoms with Gasteiger partial charge in [-0.05, 0) is 25.7 Å². The molecule has 0 spiro atoms. The molecular formula is C12H18ClFN2O2. The highest BCUT2D eigenvalue weighted by Crippen LogP contribution is 2.30. The molecule has 0 unspecified atom stereocenters. The van der Waals surface area contributed by atoms with Gasteiger partial charge in [0.2, 0.25) is 5.82 Å². The fourth-order valence-corrected chi connectivity index (χ4v) is 2.58. The molecule has 0 aliphatic heterocycles. The zero-order chi connectivity index (χ0) is 14.3. The maximum atomic E-state index is 13.5. The first-order chi connectivity index (χ1) is 7.96. The fourth-order valence-electron chi connectivity index (χ4n) is 2.42. The van der Waals surface area contributed by atoms with E-state index in [-0.39, 0.29) is 5.41 Å². The Labute approximate surface area is 110 Å². The van der Waals surface area contributed by atoms with Crippen molar-refractivity contribution in [3.05, 3.63) is 31.8 Å². The number of nitrogens with zero attached hydrogens (tertiary/aromatic N) is 1.